The van der Waals surface area contributed by atoms with E-state index >= 15 is 0 Å². The van der Waals surface area contributed by atoms with Gasteiger partial charge < -0.3 is 15.7 Å². The molecule has 100 valence electrons. The highest BCUT2D eigenvalue weighted by Gasteiger charge is 2.34. The lowest BCUT2D eigenvalue weighted by molar-refractivity contribution is -0.138. The van der Waals surface area contributed by atoms with E-state index in [1.54, 1.807) is 0 Å². The topological polar surface area (TPSA) is 66.6 Å². The Balaban J connectivity index is 2.59. The minimum Gasteiger partial charge on any atom is -0.396 e. The van der Waals surface area contributed by atoms with Crippen molar-refractivity contribution in [3.05, 3.63) is 0 Å². The molecule has 1 saturated carbocycles. The fourth-order valence-corrected chi connectivity index (χ4v) is 2.67. The lowest BCUT2D eigenvalue weighted by Crippen LogP contribution is -2.46. The van der Waals surface area contributed by atoms with Crippen molar-refractivity contribution in [2.75, 3.05) is 19.7 Å². The van der Waals surface area contributed by atoms with Gasteiger partial charge in [-0.15, -0.1) is 0 Å². The van der Waals surface area contributed by atoms with Crippen LogP contribution < -0.4 is 5.73 Å². The van der Waals surface area contributed by atoms with Gasteiger partial charge in [0.2, 0.25) is 5.91 Å². The van der Waals surface area contributed by atoms with Crippen molar-refractivity contribution in [2.45, 2.75) is 45.6 Å². The highest BCUT2D eigenvalue weighted by molar-refractivity contribution is 5.79. The lowest BCUT2D eigenvalue weighted by Gasteiger charge is -2.36. The fraction of sp³-hybridized carbons (Fsp3) is 0.923. The van der Waals surface area contributed by atoms with Crippen molar-refractivity contribution in [2.24, 2.45) is 17.6 Å². The van der Waals surface area contributed by atoms with E-state index in [-0.39, 0.29) is 30.4 Å². The number of aliphatic hydroxyl groups is 1. The largest absolute Gasteiger partial charge is 0.396 e. The first-order valence-corrected chi connectivity index (χ1v) is 6.77. The van der Waals surface area contributed by atoms with Crippen LogP contribution in [0.25, 0.3) is 0 Å². The summed E-state index contributed by atoms with van der Waals surface area (Å²) in [6.45, 7) is 5.60. The number of rotatable bonds is 5. The van der Waals surface area contributed by atoms with Crippen molar-refractivity contribution in [3.8, 4) is 0 Å². The van der Waals surface area contributed by atoms with E-state index in [1.807, 2.05) is 11.8 Å². The lowest BCUT2D eigenvalue weighted by atomic mass is 9.76. The van der Waals surface area contributed by atoms with E-state index < -0.39 is 0 Å². The monoisotopic (exact) mass is 242 g/mol. The van der Waals surface area contributed by atoms with E-state index in [1.165, 1.54) is 0 Å². The number of hydrogen-bond donors (Lipinski definition) is 2. The number of carbonyl (C=O) groups is 1. The molecular formula is C13H26N2O2. The molecule has 3 unspecified atom stereocenters. The van der Waals surface area contributed by atoms with Crippen LogP contribution in [0.15, 0.2) is 0 Å². The van der Waals surface area contributed by atoms with Gasteiger partial charge in [0, 0.05) is 31.7 Å². The summed E-state index contributed by atoms with van der Waals surface area (Å²) >= 11 is 0. The number of hydrogen-bond acceptors (Lipinski definition) is 3. The minimum atomic E-state index is 0.0809. The first kappa shape index (κ1) is 14.5. The average molecular weight is 242 g/mol. The number of carbonyl (C=O) groups excluding carboxylic acids is 1. The maximum atomic E-state index is 12.4. The van der Waals surface area contributed by atoms with Crippen molar-refractivity contribution in [3.63, 3.8) is 0 Å². The Morgan fingerprint density at radius 1 is 1.47 bits per heavy atom. The summed E-state index contributed by atoms with van der Waals surface area (Å²) in [4.78, 5) is 14.2. The second-order valence-corrected chi connectivity index (χ2v) is 5.06. The van der Waals surface area contributed by atoms with Crippen LogP contribution in [0, 0.1) is 11.8 Å². The molecule has 3 atom stereocenters. The molecule has 0 aliphatic heterocycles. The number of amides is 1. The Kier molecular flexibility index (Phi) is 5.92. The summed E-state index contributed by atoms with van der Waals surface area (Å²) in [5.74, 6) is 0.584. The molecule has 1 rings (SSSR count). The van der Waals surface area contributed by atoms with Crippen LogP contribution in [0.2, 0.25) is 0 Å². The zero-order chi connectivity index (χ0) is 12.8. The Labute approximate surface area is 104 Å². The zero-order valence-electron chi connectivity index (χ0n) is 11.1. The molecule has 0 spiro atoms. The molecule has 0 aromatic heterocycles. The average Bonchev–Trinajstić information content (AvgIpc) is 2.33. The Hall–Kier alpha value is -0.610. The maximum absolute atomic E-state index is 12.4. The highest BCUT2D eigenvalue weighted by Crippen LogP contribution is 2.30. The van der Waals surface area contributed by atoms with E-state index in [0.29, 0.717) is 13.0 Å². The molecule has 1 aliphatic rings. The standard InChI is InChI=1S/C13H26N2O2/c1-3-15(8-5-9-16)13(17)11-6-4-7-12(14)10(11)2/h10-12,16H,3-9,14H2,1-2H3. The van der Waals surface area contributed by atoms with Gasteiger partial charge >= 0.3 is 0 Å². The van der Waals surface area contributed by atoms with E-state index in [2.05, 4.69) is 6.92 Å². The first-order chi connectivity index (χ1) is 8.11. The second-order valence-electron chi connectivity index (χ2n) is 5.06. The van der Waals surface area contributed by atoms with E-state index in [9.17, 15) is 4.79 Å². The fourth-order valence-electron chi connectivity index (χ4n) is 2.67. The molecule has 0 saturated heterocycles. The number of nitrogens with zero attached hydrogens (tertiary/aromatic N) is 1. The Bertz CT molecular complexity index is 246. The van der Waals surface area contributed by atoms with E-state index in [4.69, 9.17) is 10.8 Å². The van der Waals surface area contributed by atoms with Gasteiger partial charge in [-0.25, -0.2) is 0 Å². The van der Waals surface area contributed by atoms with Gasteiger partial charge in [0.15, 0.2) is 0 Å². The third kappa shape index (κ3) is 3.68. The predicted molar refractivity (Wildman–Crippen MR) is 68.4 cm³/mol. The van der Waals surface area contributed by atoms with Crippen molar-refractivity contribution in [1.82, 2.24) is 4.90 Å². The molecule has 0 bridgehead atoms. The number of nitrogens with two attached hydrogens (primary N) is 1. The van der Waals surface area contributed by atoms with Gasteiger partial charge in [0.25, 0.3) is 0 Å². The summed E-state index contributed by atoms with van der Waals surface area (Å²) in [7, 11) is 0. The van der Waals surface area contributed by atoms with Crippen LogP contribution in [0.3, 0.4) is 0 Å². The van der Waals surface area contributed by atoms with Crippen molar-refractivity contribution >= 4 is 5.91 Å². The molecular weight excluding hydrogens is 216 g/mol. The summed E-state index contributed by atoms with van der Waals surface area (Å²) in [6, 6.07) is 0.161. The van der Waals surface area contributed by atoms with Crippen LogP contribution in [0.1, 0.15) is 39.5 Å². The van der Waals surface area contributed by atoms with E-state index in [0.717, 1.165) is 25.8 Å². The highest BCUT2D eigenvalue weighted by atomic mass is 16.3. The quantitative estimate of drug-likeness (QED) is 0.755. The molecule has 1 amide bonds. The van der Waals surface area contributed by atoms with Gasteiger partial charge in [-0.3, -0.25) is 4.79 Å². The van der Waals surface area contributed by atoms with Crippen LogP contribution in [-0.4, -0.2) is 41.7 Å². The second kappa shape index (κ2) is 6.97. The molecule has 4 heteroatoms. The third-order valence-electron chi connectivity index (χ3n) is 3.96. The van der Waals surface area contributed by atoms with Gasteiger partial charge in [-0.1, -0.05) is 13.3 Å². The van der Waals surface area contributed by atoms with Crippen LogP contribution in [0.5, 0.6) is 0 Å². The zero-order valence-corrected chi connectivity index (χ0v) is 11.1. The molecule has 0 heterocycles. The molecule has 0 radical (unpaired) electrons. The first-order valence-electron chi connectivity index (χ1n) is 6.77. The minimum absolute atomic E-state index is 0.0809. The predicted octanol–water partition coefficient (Wildman–Crippen LogP) is 0.981. The Morgan fingerprint density at radius 2 is 2.18 bits per heavy atom. The third-order valence-corrected chi connectivity index (χ3v) is 3.96. The normalized spacial score (nSPS) is 29.1. The van der Waals surface area contributed by atoms with Gasteiger partial charge in [-0.2, -0.15) is 0 Å². The van der Waals surface area contributed by atoms with Crippen molar-refractivity contribution < 1.29 is 9.90 Å². The summed E-state index contributed by atoms with van der Waals surface area (Å²) < 4.78 is 0. The van der Waals surface area contributed by atoms with Crippen LogP contribution >= 0.6 is 0 Å². The van der Waals surface area contributed by atoms with Crippen LogP contribution in [-0.2, 0) is 4.79 Å². The SMILES string of the molecule is CCN(CCCO)C(=O)C1CCCC(N)C1C. The van der Waals surface area contributed by atoms with Crippen LogP contribution in [0.4, 0.5) is 0 Å². The van der Waals surface area contributed by atoms with Gasteiger partial charge in [0.1, 0.15) is 0 Å². The summed E-state index contributed by atoms with van der Waals surface area (Å²) in [6.07, 6.45) is 3.71. The molecule has 3 N–H and O–H groups in total. The molecule has 1 aliphatic carbocycles. The molecule has 4 nitrogen and oxygen atoms in total. The van der Waals surface area contributed by atoms with Crippen molar-refractivity contribution in [1.29, 1.82) is 0 Å². The number of aliphatic hydroxyl groups excluding tert-OH is 1. The molecule has 0 aromatic carbocycles. The van der Waals surface area contributed by atoms with Gasteiger partial charge in [0.05, 0.1) is 0 Å². The molecule has 1 fully saturated rings. The van der Waals surface area contributed by atoms with Gasteiger partial charge in [-0.05, 0) is 32.1 Å². The summed E-state index contributed by atoms with van der Waals surface area (Å²) in [5.41, 5.74) is 6.04. The molecule has 17 heavy (non-hydrogen) atoms. The molecule has 0 aromatic rings. The smallest absolute Gasteiger partial charge is 0.225 e. The Morgan fingerprint density at radius 3 is 2.76 bits per heavy atom. The maximum Gasteiger partial charge on any atom is 0.225 e. The summed E-state index contributed by atoms with van der Waals surface area (Å²) in [5, 5.41) is 8.84.